The summed E-state index contributed by atoms with van der Waals surface area (Å²) < 4.78 is 0. The largest absolute Gasteiger partial charge is 0.481 e. The second kappa shape index (κ2) is 15.3. The summed E-state index contributed by atoms with van der Waals surface area (Å²) in [6, 6.07) is 0. The minimum atomic E-state index is -1.31. The number of carbonyl (C=O) groups is 2. The molecule has 0 heterocycles. The molecule has 0 aromatic rings. The van der Waals surface area contributed by atoms with Crippen LogP contribution in [0.25, 0.3) is 0 Å². The van der Waals surface area contributed by atoms with E-state index in [9.17, 15) is 19.8 Å². The van der Waals surface area contributed by atoms with Gasteiger partial charge in [0.15, 0.2) is 0 Å². The van der Waals surface area contributed by atoms with Crippen LogP contribution < -0.4 is 0 Å². The molecule has 30 heavy (non-hydrogen) atoms. The van der Waals surface area contributed by atoms with E-state index >= 15 is 0 Å². The van der Waals surface area contributed by atoms with Gasteiger partial charge in [0.05, 0.1) is 5.92 Å². The van der Waals surface area contributed by atoms with E-state index in [0.29, 0.717) is 6.42 Å². The fraction of sp³-hybridized carbons (Fsp3) is 0.769. The number of hydrogen-bond acceptors (Lipinski definition) is 2. The number of carboxylic acid groups (broad SMARTS) is 2. The zero-order valence-corrected chi connectivity index (χ0v) is 19.3. The van der Waals surface area contributed by atoms with Crippen molar-refractivity contribution in [2.45, 2.75) is 117 Å². The van der Waals surface area contributed by atoms with Crippen LogP contribution in [-0.2, 0) is 9.59 Å². The summed E-state index contributed by atoms with van der Waals surface area (Å²) >= 11 is 0. The highest BCUT2D eigenvalue weighted by molar-refractivity contribution is 5.87. The number of allylic oxidation sites excluding steroid dienone is 2. The van der Waals surface area contributed by atoms with E-state index in [-0.39, 0.29) is 0 Å². The van der Waals surface area contributed by atoms with Gasteiger partial charge < -0.3 is 10.2 Å². The van der Waals surface area contributed by atoms with Crippen molar-refractivity contribution in [2.75, 3.05) is 0 Å². The molecule has 1 aliphatic carbocycles. The number of unbranched alkanes of at least 4 members (excludes halogenated alkanes) is 12. The third-order valence-corrected chi connectivity index (χ3v) is 6.46. The molecule has 0 bridgehead atoms. The Bertz CT molecular complexity index is 563. The van der Waals surface area contributed by atoms with Gasteiger partial charge >= 0.3 is 11.9 Å². The second-order valence-corrected chi connectivity index (χ2v) is 8.98. The smallest absolute Gasteiger partial charge is 0.314 e. The van der Waals surface area contributed by atoms with Crippen molar-refractivity contribution < 1.29 is 19.8 Å². The minimum absolute atomic E-state index is 0.394. The highest BCUT2D eigenvalue weighted by atomic mass is 16.4. The molecular weight excluding hydrogens is 376 g/mol. The molecule has 4 nitrogen and oxygen atoms in total. The van der Waals surface area contributed by atoms with E-state index in [1.807, 2.05) is 6.08 Å². The van der Waals surface area contributed by atoms with Gasteiger partial charge in [-0.2, -0.15) is 0 Å². The third-order valence-electron chi connectivity index (χ3n) is 6.46. The van der Waals surface area contributed by atoms with Crippen LogP contribution in [-0.4, -0.2) is 22.2 Å². The quantitative estimate of drug-likeness (QED) is 0.225. The summed E-state index contributed by atoms with van der Waals surface area (Å²) in [4.78, 5) is 24.1. The number of aliphatic carboxylic acids is 2. The van der Waals surface area contributed by atoms with Crippen molar-refractivity contribution in [1.82, 2.24) is 0 Å². The van der Waals surface area contributed by atoms with Gasteiger partial charge in [-0.25, -0.2) is 0 Å². The number of carboxylic acids is 2. The summed E-state index contributed by atoms with van der Waals surface area (Å²) in [5.74, 6) is -3.01. The first-order chi connectivity index (χ1) is 14.5. The van der Waals surface area contributed by atoms with Crippen molar-refractivity contribution in [3.05, 3.63) is 23.8 Å². The Kier molecular flexibility index (Phi) is 13.5. The maximum atomic E-state index is 12.1. The Hall–Kier alpha value is -1.58. The highest BCUT2D eigenvalue weighted by Gasteiger charge is 2.47. The first kappa shape index (κ1) is 26.5. The molecule has 0 fully saturated rings. The zero-order chi connectivity index (χ0) is 22.2. The summed E-state index contributed by atoms with van der Waals surface area (Å²) in [7, 11) is 0. The zero-order valence-electron chi connectivity index (χ0n) is 19.3. The molecule has 0 saturated heterocycles. The number of rotatable bonds is 18. The van der Waals surface area contributed by atoms with Gasteiger partial charge in [-0.1, -0.05) is 121 Å². The van der Waals surface area contributed by atoms with Gasteiger partial charge in [-0.15, -0.1) is 0 Å². The van der Waals surface area contributed by atoms with Crippen molar-refractivity contribution in [3.8, 4) is 0 Å². The molecule has 4 heteroatoms. The van der Waals surface area contributed by atoms with Crippen LogP contribution in [0.1, 0.15) is 117 Å². The molecule has 2 unspecified atom stereocenters. The van der Waals surface area contributed by atoms with Gasteiger partial charge in [0.2, 0.25) is 0 Å². The van der Waals surface area contributed by atoms with Gasteiger partial charge in [-0.3, -0.25) is 9.59 Å². The van der Waals surface area contributed by atoms with Crippen LogP contribution >= 0.6 is 0 Å². The van der Waals surface area contributed by atoms with Crippen molar-refractivity contribution in [3.63, 3.8) is 0 Å². The Morgan fingerprint density at radius 1 is 0.800 bits per heavy atom. The van der Waals surface area contributed by atoms with Gasteiger partial charge in [0, 0.05) is 0 Å². The standard InChI is InChI=1S/C26H44O4/c1-3-5-7-9-11-13-15-17-22-18-20-26(25(29)30,23(21-22)24(27)28)19-16-14-12-10-8-6-4-2/h18,20-21,23H,3-17,19H2,1-2H3,(H,27,28)(H,29,30). The lowest BCUT2D eigenvalue weighted by Gasteiger charge is -2.33. The van der Waals surface area contributed by atoms with E-state index < -0.39 is 23.3 Å². The van der Waals surface area contributed by atoms with E-state index in [1.165, 1.54) is 57.8 Å². The fourth-order valence-corrected chi connectivity index (χ4v) is 4.45. The monoisotopic (exact) mass is 420 g/mol. The lowest BCUT2D eigenvalue weighted by Crippen LogP contribution is -2.41. The predicted molar refractivity (Wildman–Crippen MR) is 124 cm³/mol. The van der Waals surface area contributed by atoms with Gasteiger partial charge in [-0.05, 0) is 19.3 Å². The minimum Gasteiger partial charge on any atom is -0.481 e. The van der Waals surface area contributed by atoms with Crippen molar-refractivity contribution in [1.29, 1.82) is 0 Å². The SMILES string of the molecule is CCCCCCCCCC1=CC(C(=O)O)C(CCCCCCCCC)(C(=O)O)C=C1. The molecule has 1 aliphatic rings. The first-order valence-corrected chi connectivity index (χ1v) is 12.3. The van der Waals surface area contributed by atoms with Crippen LogP contribution in [0.4, 0.5) is 0 Å². The summed E-state index contributed by atoms with van der Waals surface area (Å²) in [5, 5.41) is 19.7. The van der Waals surface area contributed by atoms with E-state index in [0.717, 1.165) is 44.1 Å². The van der Waals surface area contributed by atoms with Crippen LogP contribution in [0.3, 0.4) is 0 Å². The molecule has 0 aromatic heterocycles. The van der Waals surface area contributed by atoms with Crippen molar-refractivity contribution >= 4 is 11.9 Å². The Balaban J connectivity index is 2.57. The Labute approximate surface area is 183 Å². The molecule has 0 amide bonds. The van der Waals surface area contributed by atoms with Gasteiger partial charge in [0.25, 0.3) is 0 Å². The highest BCUT2D eigenvalue weighted by Crippen LogP contribution is 2.41. The number of hydrogen-bond donors (Lipinski definition) is 2. The lowest BCUT2D eigenvalue weighted by atomic mass is 9.68. The maximum Gasteiger partial charge on any atom is 0.314 e. The molecular formula is C26H44O4. The first-order valence-electron chi connectivity index (χ1n) is 12.3. The molecule has 1 rings (SSSR count). The van der Waals surface area contributed by atoms with Gasteiger partial charge in [0.1, 0.15) is 5.41 Å². The fourth-order valence-electron chi connectivity index (χ4n) is 4.45. The normalized spacial score (nSPS) is 20.9. The van der Waals surface area contributed by atoms with E-state index in [4.69, 9.17) is 0 Å². The Morgan fingerprint density at radius 2 is 1.30 bits per heavy atom. The summed E-state index contributed by atoms with van der Waals surface area (Å²) in [6.45, 7) is 4.40. The molecule has 0 aliphatic heterocycles. The summed E-state index contributed by atoms with van der Waals surface area (Å²) in [5.41, 5.74) is -0.328. The van der Waals surface area contributed by atoms with Crippen molar-refractivity contribution in [2.24, 2.45) is 11.3 Å². The van der Waals surface area contributed by atoms with E-state index in [1.54, 1.807) is 12.2 Å². The van der Waals surface area contributed by atoms with E-state index in [2.05, 4.69) is 13.8 Å². The van der Waals surface area contributed by atoms with Crippen LogP contribution in [0.5, 0.6) is 0 Å². The maximum absolute atomic E-state index is 12.1. The molecule has 2 atom stereocenters. The van der Waals surface area contributed by atoms with Crippen LogP contribution in [0.2, 0.25) is 0 Å². The third kappa shape index (κ3) is 9.06. The summed E-state index contributed by atoms with van der Waals surface area (Å²) in [6.07, 6.45) is 22.7. The predicted octanol–water partition coefficient (Wildman–Crippen LogP) is 7.54. The molecule has 172 valence electrons. The molecule has 2 N–H and O–H groups in total. The molecule has 0 radical (unpaired) electrons. The molecule has 0 aromatic carbocycles. The van der Waals surface area contributed by atoms with Crippen LogP contribution in [0.15, 0.2) is 23.8 Å². The van der Waals surface area contributed by atoms with Crippen LogP contribution in [0, 0.1) is 11.3 Å². The topological polar surface area (TPSA) is 74.6 Å². The molecule has 0 spiro atoms. The molecule has 0 saturated carbocycles. The average Bonchev–Trinajstić information content (AvgIpc) is 2.72. The lowest BCUT2D eigenvalue weighted by molar-refractivity contribution is -0.157. The average molecular weight is 421 g/mol. The second-order valence-electron chi connectivity index (χ2n) is 8.98. The Morgan fingerprint density at radius 3 is 1.80 bits per heavy atom.